The molecule has 0 N–H and O–H groups in total. The zero-order valence-electron chi connectivity index (χ0n) is 14.2. The maximum atomic E-state index is 12.4. The summed E-state index contributed by atoms with van der Waals surface area (Å²) in [6, 6.07) is 8.70. The van der Waals surface area contributed by atoms with Crippen LogP contribution in [0.25, 0.3) is 0 Å². The maximum absolute atomic E-state index is 12.4. The fraction of sp³-hybridized carbons (Fsp3) is 0.632. The molecule has 2 heterocycles. The minimum atomic E-state index is 0.340. The second-order valence-electron chi connectivity index (χ2n) is 6.91. The van der Waals surface area contributed by atoms with Crippen molar-refractivity contribution < 1.29 is 9.53 Å². The minimum Gasteiger partial charge on any atom is -0.381 e. The Morgan fingerprint density at radius 1 is 1.17 bits per heavy atom. The van der Waals surface area contributed by atoms with E-state index >= 15 is 0 Å². The van der Waals surface area contributed by atoms with E-state index in [-0.39, 0.29) is 0 Å². The van der Waals surface area contributed by atoms with Crippen LogP contribution in [0.15, 0.2) is 24.3 Å². The SMILES string of the molecule is Cc1cccc(CN2CCN(C(=O)CC3CCOCC3)CC2)c1. The average molecular weight is 316 g/mol. The Morgan fingerprint density at radius 2 is 1.91 bits per heavy atom. The van der Waals surface area contributed by atoms with E-state index in [1.165, 1.54) is 11.1 Å². The van der Waals surface area contributed by atoms with Gasteiger partial charge in [0.1, 0.15) is 0 Å². The summed E-state index contributed by atoms with van der Waals surface area (Å²) in [6.07, 6.45) is 2.79. The monoisotopic (exact) mass is 316 g/mol. The van der Waals surface area contributed by atoms with E-state index < -0.39 is 0 Å². The topological polar surface area (TPSA) is 32.8 Å². The van der Waals surface area contributed by atoms with E-state index in [1.54, 1.807) is 0 Å². The van der Waals surface area contributed by atoms with Crippen molar-refractivity contribution >= 4 is 5.91 Å². The highest BCUT2D eigenvalue weighted by Gasteiger charge is 2.24. The van der Waals surface area contributed by atoms with Crippen LogP contribution < -0.4 is 0 Å². The molecule has 1 aromatic carbocycles. The first-order valence-electron chi connectivity index (χ1n) is 8.84. The standard InChI is InChI=1S/C19H28N2O2/c1-16-3-2-4-18(13-16)15-20-7-9-21(10-8-20)19(22)14-17-5-11-23-12-6-17/h2-4,13,17H,5-12,14-15H2,1H3. The number of amides is 1. The van der Waals surface area contributed by atoms with Crippen LogP contribution in [0.2, 0.25) is 0 Å². The lowest BCUT2D eigenvalue weighted by atomic mass is 9.96. The first-order valence-corrected chi connectivity index (χ1v) is 8.84. The Bertz CT molecular complexity index is 518. The van der Waals surface area contributed by atoms with Gasteiger partial charge in [0.2, 0.25) is 5.91 Å². The zero-order valence-corrected chi connectivity index (χ0v) is 14.2. The molecular weight excluding hydrogens is 288 g/mol. The second kappa shape index (κ2) is 7.93. The van der Waals surface area contributed by atoms with Crippen molar-refractivity contribution in [2.24, 2.45) is 5.92 Å². The summed E-state index contributed by atoms with van der Waals surface area (Å²) in [7, 11) is 0. The van der Waals surface area contributed by atoms with E-state index in [9.17, 15) is 4.79 Å². The van der Waals surface area contributed by atoms with E-state index in [0.29, 0.717) is 18.2 Å². The Kier molecular flexibility index (Phi) is 5.68. The molecule has 0 atom stereocenters. The second-order valence-corrected chi connectivity index (χ2v) is 6.91. The first-order chi connectivity index (χ1) is 11.2. The predicted molar refractivity (Wildman–Crippen MR) is 91.2 cm³/mol. The number of hydrogen-bond acceptors (Lipinski definition) is 3. The number of benzene rings is 1. The molecule has 1 aromatic rings. The van der Waals surface area contributed by atoms with Crippen LogP contribution in [0.5, 0.6) is 0 Å². The van der Waals surface area contributed by atoms with Gasteiger partial charge in [0.15, 0.2) is 0 Å². The Labute approximate surface area is 139 Å². The van der Waals surface area contributed by atoms with Crippen LogP contribution >= 0.6 is 0 Å². The van der Waals surface area contributed by atoms with Crippen molar-refractivity contribution in [3.8, 4) is 0 Å². The molecule has 0 radical (unpaired) electrons. The summed E-state index contributed by atoms with van der Waals surface area (Å²) < 4.78 is 5.37. The van der Waals surface area contributed by atoms with Gasteiger partial charge in [-0.15, -0.1) is 0 Å². The predicted octanol–water partition coefficient (Wildman–Crippen LogP) is 2.46. The number of carbonyl (C=O) groups is 1. The molecule has 23 heavy (non-hydrogen) atoms. The minimum absolute atomic E-state index is 0.340. The largest absolute Gasteiger partial charge is 0.381 e. The van der Waals surface area contributed by atoms with Gasteiger partial charge < -0.3 is 9.64 Å². The first kappa shape index (κ1) is 16.5. The van der Waals surface area contributed by atoms with Crippen LogP contribution in [0, 0.1) is 12.8 Å². The lowest BCUT2D eigenvalue weighted by Gasteiger charge is -2.35. The third-order valence-electron chi connectivity index (χ3n) is 5.02. The molecule has 0 bridgehead atoms. The molecule has 3 rings (SSSR count). The quantitative estimate of drug-likeness (QED) is 0.855. The van der Waals surface area contributed by atoms with E-state index in [0.717, 1.165) is 58.8 Å². The lowest BCUT2D eigenvalue weighted by molar-refractivity contribution is -0.134. The molecule has 126 valence electrons. The third-order valence-corrected chi connectivity index (χ3v) is 5.02. The summed E-state index contributed by atoms with van der Waals surface area (Å²) in [5.41, 5.74) is 2.68. The average Bonchev–Trinajstić information content (AvgIpc) is 2.56. The van der Waals surface area contributed by atoms with Gasteiger partial charge in [0.25, 0.3) is 0 Å². The number of ether oxygens (including phenoxy) is 1. The normalized spacial score (nSPS) is 20.7. The summed E-state index contributed by atoms with van der Waals surface area (Å²) in [6.45, 7) is 8.47. The van der Waals surface area contributed by atoms with Crippen LogP contribution in [0.3, 0.4) is 0 Å². The molecule has 2 aliphatic heterocycles. The Balaban J connectivity index is 1.43. The van der Waals surface area contributed by atoms with E-state index in [2.05, 4.69) is 41.0 Å². The number of hydrogen-bond donors (Lipinski definition) is 0. The summed E-state index contributed by atoms with van der Waals surface area (Å²) >= 11 is 0. The van der Waals surface area contributed by atoms with Crippen molar-refractivity contribution in [1.29, 1.82) is 0 Å². The van der Waals surface area contributed by atoms with E-state index in [4.69, 9.17) is 4.74 Å². The fourth-order valence-electron chi connectivity index (χ4n) is 3.55. The van der Waals surface area contributed by atoms with Crippen LogP contribution in [-0.2, 0) is 16.1 Å². The van der Waals surface area contributed by atoms with E-state index in [1.807, 2.05) is 0 Å². The van der Waals surface area contributed by atoms with Crippen molar-refractivity contribution in [3.63, 3.8) is 0 Å². The fourth-order valence-corrected chi connectivity index (χ4v) is 3.55. The molecular formula is C19H28N2O2. The van der Waals surface area contributed by atoms with Gasteiger partial charge in [-0.2, -0.15) is 0 Å². The number of aryl methyl sites for hydroxylation is 1. The van der Waals surface area contributed by atoms with Gasteiger partial charge in [0, 0.05) is 52.4 Å². The van der Waals surface area contributed by atoms with Crippen LogP contribution in [0.4, 0.5) is 0 Å². The molecule has 0 saturated carbocycles. The highest BCUT2D eigenvalue weighted by molar-refractivity contribution is 5.76. The summed E-state index contributed by atoms with van der Waals surface area (Å²) in [5, 5.41) is 0. The maximum Gasteiger partial charge on any atom is 0.222 e. The van der Waals surface area contributed by atoms with Gasteiger partial charge >= 0.3 is 0 Å². The van der Waals surface area contributed by atoms with Crippen molar-refractivity contribution in [2.75, 3.05) is 39.4 Å². The molecule has 2 aliphatic rings. The van der Waals surface area contributed by atoms with Crippen molar-refractivity contribution in [1.82, 2.24) is 9.80 Å². The summed E-state index contributed by atoms with van der Waals surface area (Å²) in [4.78, 5) is 17.0. The van der Waals surface area contributed by atoms with Crippen LogP contribution in [-0.4, -0.2) is 55.1 Å². The van der Waals surface area contributed by atoms with Gasteiger partial charge in [-0.25, -0.2) is 0 Å². The summed E-state index contributed by atoms with van der Waals surface area (Å²) in [5.74, 6) is 0.869. The molecule has 0 aromatic heterocycles. The molecule has 0 spiro atoms. The smallest absolute Gasteiger partial charge is 0.222 e. The van der Waals surface area contributed by atoms with Crippen LogP contribution in [0.1, 0.15) is 30.4 Å². The Hall–Kier alpha value is -1.39. The van der Waals surface area contributed by atoms with Gasteiger partial charge in [-0.05, 0) is 31.2 Å². The van der Waals surface area contributed by atoms with Gasteiger partial charge in [0.05, 0.1) is 0 Å². The van der Waals surface area contributed by atoms with Gasteiger partial charge in [-0.3, -0.25) is 9.69 Å². The molecule has 4 heteroatoms. The molecule has 4 nitrogen and oxygen atoms in total. The van der Waals surface area contributed by atoms with Gasteiger partial charge in [-0.1, -0.05) is 29.8 Å². The third kappa shape index (κ3) is 4.79. The van der Waals surface area contributed by atoms with Crippen molar-refractivity contribution in [2.45, 2.75) is 32.7 Å². The van der Waals surface area contributed by atoms with Crippen molar-refractivity contribution in [3.05, 3.63) is 35.4 Å². The molecule has 2 fully saturated rings. The molecule has 2 saturated heterocycles. The molecule has 1 amide bonds. The lowest BCUT2D eigenvalue weighted by Crippen LogP contribution is -2.48. The highest BCUT2D eigenvalue weighted by atomic mass is 16.5. The number of rotatable bonds is 4. The molecule has 0 aliphatic carbocycles. The molecule has 0 unspecified atom stereocenters. The Morgan fingerprint density at radius 3 is 2.61 bits per heavy atom. The zero-order chi connectivity index (χ0) is 16.1. The highest BCUT2D eigenvalue weighted by Crippen LogP contribution is 2.20. The number of nitrogens with zero attached hydrogens (tertiary/aromatic N) is 2. The number of piperazine rings is 1. The number of carbonyl (C=O) groups excluding carboxylic acids is 1.